The normalized spacial score (nSPS) is 22.9. The van der Waals surface area contributed by atoms with Crippen molar-refractivity contribution in [2.75, 3.05) is 43.4 Å². The smallest absolute Gasteiger partial charge is 0.239 e. The average molecular weight is 290 g/mol. The number of hydrogen-bond donors (Lipinski definition) is 1. The highest BCUT2D eigenvalue weighted by atomic mass is 16.5. The molecule has 2 fully saturated rings. The fraction of sp³-hybridized carbons (Fsp3) is 0.688. The fourth-order valence-corrected chi connectivity index (χ4v) is 3.29. The Morgan fingerprint density at radius 2 is 2.10 bits per heavy atom. The number of nitrogens with zero attached hydrogens (tertiary/aromatic N) is 3. The molecule has 0 saturated carbocycles. The lowest BCUT2D eigenvalue weighted by molar-refractivity contribution is 0.260. The third-order valence-corrected chi connectivity index (χ3v) is 4.46. The molecule has 3 rings (SSSR count). The maximum absolute atomic E-state index is 5.94. The van der Waals surface area contributed by atoms with Gasteiger partial charge in [0.25, 0.3) is 0 Å². The fourth-order valence-electron chi connectivity index (χ4n) is 3.29. The number of nitrogen functional groups attached to an aromatic ring is 1. The monoisotopic (exact) mass is 290 g/mol. The van der Waals surface area contributed by atoms with Crippen LogP contribution < -0.4 is 15.4 Å². The van der Waals surface area contributed by atoms with Crippen LogP contribution in [0.3, 0.4) is 0 Å². The number of ether oxygens (including phenoxy) is 1. The van der Waals surface area contributed by atoms with E-state index in [1.165, 1.54) is 32.4 Å². The minimum Gasteiger partial charge on any atom is -0.476 e. The van der Waals surface area contributed by atoms with Gasteiger partial charge in [0.1, 0.15) is 5.82 Å². The second-order valence-electron chi connectivity index (χ2n) is 6.04. The van der Waals surface area contributed by atoms with Crippen LogP contribution in [0.15, 0.2) is 12.1 Å². The van der Waals surface area contributed by atoms with Gasteiger partial charge >= 0.3 is 0 Å². The maximum Gasteiger partial charge on any atom is 0.239 e. The lowest BCUT2D eigenvalue weighted by Gasteiger charge is -2.24. The average Bonchev–Trinajstić information content (AvgIpc) is 3.17. The molecule has 5 nitrogen and oxygen atoms in total. The van der Waals surface area contributed by atoms with Gasteiger partial charge in [0.15, 0.2) is 0 Å². The third-order valence-electron chi connectivity index (χ3n) is 4.46. The van der Waals surface area contributed by atoms with Crippen LogP contribution in [-0.2, 0) is 0 Å². The number of pyridine rings is 1. The zero-order chi connectivity index (χ0) is 14.7. The largest absolute Gasteiger partial charge is 0.476 e. The number of aromatic nitrogens is 1. The van der Waals surface area contributed by atoms with Crippen molar-refractivity contribution in [2.24, 2.45) is 0 Å². The van der Waals surface area contributed by atoms with E-state index in [1.807, 2.05) is 12.1 Å². The Kier molecular flexibility index (Phi) is 4.48. The standard InChI is InChI=1S/C16H26N4O/c1-2-11-21-16-14(17)5-6-15(18-16)20-10-7-13(12-20)19-8-3-4-9-19/h5-6,13H,2-4,7-12,17H2,1H3. The Morgan fingerprint density at radius 1 is 1.29 bits per heavy atom. The van der Waals surface area contributed by atoms with Gasteiger partial charge in [-0.2, -0.15) is 4.98 Å². The molecule has 0 aromatic carbocycles. The van der Waals surface area contributed by atoms with Crippen LogP contribution in [0.4, 0.5) is 11.5 Å². The SMILES string of the molecule is CCCOc1nc(N2CCC(N3CCCC3)C2)ccc1N. The number of likely N-dealkylation sites (tertiary alicyclic amines) is 1. The van der Waals surface area contributed by atoms with Gasteiger partial charge in [-0.05, 0) is 50.9 Å². The van der Waals surface area contributed by atoms with Crippen molar-refractivity contribution in [3.8, 4) is 5.88 Å². The molecule has 1 aromatic heterocycles. The molecule has 21 heavy (non-hydrogen) atoms. The Balaban J connectivity index is 1.66. The van der Waals surface area contributed by atoms with E-state index < -0.39 is 0 Å². The van der Waals surface area contributed by atoms with E-state index in [-0.39, 0.29) is 0 Å². The van der Waals surface area contributed by atoms with Crippen LogP contribution in [0.5, 0.6) is 5.88 Å². The van der Waals surface area contributed by atoms with Crippen molar-refractivity contribution < 1.29 is 4.74 Å². The predicted octanol–water partition coefficient (Wildman–Crippen LogP) is 2.13. The highest BCUT2D eigenvalue weighted by Crippen LogP contribution is 2.28. The summed E-state index contributed by atoms with van der Waals surface area (Å²) in [5.41, 5.74) is 6.57. The van der Waals surface area contributed by atoms with Crippen LogP contribution in [0, 0.1) is 0 Å². The summed E-state index contributed by atoms with van der Waals surface area (Å²) in [6, 6.07) is 4.61. The molecule has 0 bridgehead atoms. The third kappa shape index (κ3) is 3.23. The van der Waals surface area contributed by atoms with Crippen LogP contribution >= 0.6 is 0 Å². The molecule has 3 heterocycles. The highest BCUT2D eigenvalue weighted by molar-refractivity contribution is 5.55. The molecule has 0 amide bonds. The maximum atomic E-state index is 5.94. The first-order chi connectivity index (χ1) is 10.3. The molecule has 2 N–H and O–H groups in total. The number of hydrogen-bond acceptors (Lipinski definition) is 5. The Labute approximate surface area is 127 Å². The van der Waals surface area contributed by atoms with Gasteiger partial charge in [0.05, 0.1) is 12.3 Å². The summed E-state index contributed by atoms with van der Waals surface area (Å²) >= 11 is 0. The number of nitrogens with two attached hydrogens (primary N) is 1. The number of rotatable bonds is 5. The second kappa shape index (κ2) is 6.52. The lowest BCUT2D eigenvalue weighted by atomic mass is 10.2. The van der Waals surface area contributed by atoms with Crippen LogP contribution in [0.1, 0.15) is 32.6 Å². The Hall–Kier alpha value is -1.49. The van der Waals surface area contributed by atoms with E-state index in [1.54, 1.807) is 0 Å². The molecule has 116 valence electrons. The molecule has 5 heteroatoms. The van der Waals surface area contributed by atoms with E-state index in [9.17, 15) is 0 Å². The molecular weight excluding hydrogens is 264 g/mol. The summed E-state index contributed by atoms with van der Waals surface area (Å²) in [6.45, 7) is 7.42. The van der Waals surface area contributed by atoms with Crippen molar-refractivity contribution in [3.05, 3.63) is 12.1 Å². The molecule has 1 atom stereocenters. The van der Waals surface area contributed by atoms with Crippen molar-refractivity contribution >= 4 is 11.5 Å². The molecule has 2 aliphatic heterocycles. The minimum atomic E-state index is 0.582. The summed E-state index contributed by atoms with van der Waals surface area (Å²) < 4.78 is 5.64. The van der Waals surface area contributed by atoms with Gasteiger partial charge in [0.2, 0.25) is 5.88 Å². The molecule has 2 saturated heterocycles. The topological polar surface area (TPSA) is 54.6 Å². The van der Waals surface area contributed by atoms with Crippen molar-refractivity contribution in [1.29, 1.82) is 0 Å². The van der Waals surface area contributed by atoms with E-state index >= 15 is 0 Å². The quantitative estimate of drug-likeness (QED) is 0.900. The van der Waals surface area contributed by atoms with Gasteiger partial charge < -0.3 is 15.4 Å². The highest BCUT2D eigenvalue weighted by Gasteiger charge is 2.30. The van der Waals surface area contributed by atoms with E-state index in [0.29, 0.717) is 24.2 Å². The summed E-state index contributed by atoms with van der Waals surface area (Å²) in [6.07, 6.45) is 4.90. The Morgan fingerprint density at radius 3 is 2.86 bits per heavy atom. The molecule has 0 radical (unpaired) electrons. The van der Waals surface area contributed by atoms with Crippen molar-refractivity contribution in [3.63, 3.8) is 0 Å². The molecule has 2 aliphatic rings. The van der Waals surface area contributed by atoms with Gasteiger partial charge in [-0.1, -0.05) is 6.92 Å². The van der Waals surface area contributed by atoms with Crippen LogP contribution in [0.25, 0.3) is 0 Å². The summed E-state index contributed by atoms with van der Waals surface area (Å²) in [4.78, 5) is 9.61. The van der Waals surface area contributed by atoms with Crippen molar-refractivity contribution in [1.82, 2.24) is 9.88 Å². The molecule has 0 aliphatic carbocycles. The first-order valence-corrected chi connectivity index (χ1v) is 8.16. The predicted molar refractivity (Wildman–Crippen MR) is 85.9 cm³/mol. The van der Waals surface area contributed by atoms with Crippen LogP contribution in [-0.4, -0.2) is 48.7 Å². The minimum absolute atomic E-state index is 0.582. The number of anilines is 2. The first kappa shape index (κ1) is 14.4. The molecule has 0 spiro atoms. The van der Waals surface area contributed by atoms with Crippen LogP contribution in [0.2, 0.25) is 0 Å². The van der Waals surface area contributed by atoms with Gasteiger partial charge in [-0.25, -0.2) is 0 Å². The molecule has 1 unspecified atom stereocenters. The van der Waals surface area contributed by atoms with Gasteiger partial charge in [-0.3, -0.25) is 4.90 Å². The van der Waals surface area contributed by atoms with E-state index in [0.717, 1.165) is 25.3 Å². The first-order valence-electron chi connectivity index (χ1n) is 8.16. The van der Waals surface area contributed by atoms with Gasteiger partial charge in [0, 0.05) is 19.1 Å². The summed E-state index contributed by atoms with van der Waals surface area (Å²) in [5.74, 6) is 1.58. The Bertz CT molecular complexity index is 473. The van der Waals surface area contributed by atoms with Gasteiger partial charge in [-0.15, -0.1) is 0 Å². The van der Waals surface area contributed by atoms with E-state index in [2.05, 4.69) is 21.7 Å². The lowest BCUT2D eigenvalue weighted by Crippen LogP contribution is -2.35. The zero-order valence-electron chi connectivity index (χ0n) is 12.9. The molecule has 1 aromatic rings. The summed E-state index contributed by atoms with van der Waals surface area (Å²) in [5, 5.41) is 0. The summed E-state index contributed by atoms with van der Waals surface area (Å²) in [7, 11) is 0. The molecular formula is C16H26N4O. The zero-order valence-corrected chi connectivity index (χ0v) is 12.9. The van der Waals surface area contributed by atoms with Crippen molar-refractivity contribution in [2.45, 2.75) is 38.6 Å². The van der Waals surface area contributed by atoms with E-state index in [4.69, 9.17) is 10.5 Å². The second-order valence-corrected chi connectivity index (χ2v) is 6.04.